The minimum Gasteiger partial charge on any atom is -0.465 e. The van der Waals surface area contributed by atoms with Crippen molar-refractivity contribution < 1.29 is 13.9 Å². The predicted octanol–water partition coefficient (Wildman–Crippen LogP) is 3.84. The van der Waals surface area contributed by atoms with Crippen molar-refractivity contribution in [2.45, 2.75) is 0 Å². The fourth-order valence-electron chi connectivity index (χ4n) is 2.31. The third-order valence-corrected chi connectivity index (χ3v) is 3.45. The third kappa shape index (κ3) is 3.20. The summed E-state index contributed by atoms with van der Waals surface area (Å²) in [6.07, 6.45) is 0. The fraction of sp³-hybridized carbons (Fsp3) is 0.0526. The summed E-state index contributed by atoms with van der Waals surface area (Å²) in [4.78, 5) is 24.3. The van der Waals surface area contributed by atoms with Crippen molar-refractivity contribution in [1.29, 1.82) is 0 Å². The molecular formula is C19H15NO4. The zero-order chi connectivity index (χ0) is 16.9. The van der Waals surface area contributed by atoms with Gasteiger partial charge in [0.05, 0.1) is 12.8 Å². The molecule has 0 aliphatic carbocycles. The average Bonchev–Trinajstić information content (AvgIpc) is 2.62. The lowest BCUT2D eigenvalue weighted by molar-refractivity contribution is 0.0597. The zero-order valence-corrected chi connectivity index (χ0v) is 13.0. The molecule has 0 aliphatic heterocycles. The lowest BCUT2D eigenvalue weighted by atomic mass is 10.1. The molecule has 2 aromatic carbocycles. The highest BCUT2D eigenvalue weighted by atomic mass is 16.5. The Morgan fingerprint density at radius 2 is 1.62 bits per heavy atom. The van der Waals surface area contributed by atoms with E-state index in [4.69, 9.17) is 9.15 Å². The van der Waals surface area contributed by atoms with Crippen LogP contribution < -0.4 is 10.9 Å². The van der Waals surface area contributed by atoms with Crippen LogP contribution in [0.3, 0.4) is 0 Å². The predicted molar refractivity (Wildman–Crippen MR) is 91.5 cm³/mol. The largest absolute Gasteiger partial charge is 0.465 e. The van der Waals surface area contributed by atoms with Gasteiger partial charge in [-0.2, -0.15) is 0 Å². The summed E-state index contributed by atoms with van der Waals surface area (Å²) in [5, 5.41) is 3.08. The number of anilines is 2. The van der Waals surface area contributed by atoms with Gasteiger partial charge in [0.25, 0.3) is 0 Å². The molecule has 1 heterocycles. The highest BCUT2D eigenvalue weighted by Crippen LogP contribution is 2.26. The number of ether oxygens (including phenoxy) is 1. The molecule has 0 spiro atoms. The number of nitrogens with one attached hydrogen (secondary N) is 1. The second kappa shape index (κ2) is 6.83. The Kier molecular flexibility index (Phi) is 4.43. The van der Waals surface area contributed by atoms with Crippen LogP contribution in [-0.4, -0.2) is 13.1 Å². The van der Waals surface area contributed by atoms with Crippen molar-refractivity contribution in [2.24, 2.45) is 0 Å². The number of carbonyl (C=O) groups excluding carboxylic acids is 1. The molecule has 3 rings (SSSR count). The molecule has 120 valence electrons. The molecule has 0 fully saturated rings. The third-order valence-electron chi connectivity index (χ3n) is 3.45. The van der Waals surface area contributed by atoms with Crippen LogP contribution in [0.1, 0.15) is 10.4 Å². The number of carbonyl (C=O) groups is 1. The Morgan fingerprint density at radius 3 is 2.25 bits per heavy atom. The topological polar surface area (TPSA) is 68.5 Å². The van der Waals surface area contributed by atoms with Crippen molar-refractivity contribution in [1.82, 2.24) is 0 Å². The minimum atomic E-state index is -0.748. The van der Waals surface area contributed by atoms with E-state index >= 15 is 0 Å². The van der Waals surface area contributed by atoms with Crippen LogP contribution in [0.5, 0.6) is 0 Å². The van der Waals surface area contributed by atoms with Gasteiger partial charge in [0.15, 0.2) is 5.56 Å². The molecule has 0 unspecified atom stereocenters. The van der Waals surface area contributed by atoms with E-state index in [0.717, 1.165) is 11.3 Å². The molecule has 5 heteroatoms. The van der Waals surface area contributed by atoms with E-state index in [1.807, 2.05) is 60.7 Å². The SMILES string of the molecule is COC(=O)c1c(Nc2ccccc2)cc(-c2ccccc2)oc1=O. The normalized spacial score (nSPS) is 10.2. The lowest BCUT2D eigenvalue weighted by Crippen LogP contribution is -2.18. The first-order valence-corrected chi connectivity index (χ1v) is 7.33. The fourth-order valence-corrected chi connectivity index (χ4v) is 2.31. The molecule has 0 radical (unpaired) electrons. The highest BCUT2D eigenvalue weighted by molar-refractivity contribution is 5.96. The molecule has 5 nitrogen and oxygen atoms in total. The molecule has 3 aromatic rings. The van der Waals surface area contributed by atoms with Gasteiger partial charge in [0.1, 0.15) is 5.76 Å². The number of hydrogen-bond acceptors (Lipinski definition) is 5. The standard InChI is InChI=1S/C19H15NO4/c1-23-18(21)17-15(20-14-10-6-3-7-11-14)12-16(24-19(17)22)13-8-4-2-5-9-13/h2-12,20H,1H3. The van der Waals surface area contributed by atoms with E-state index in [1.54, 1.807) is 6.07 Å². The van der Waals surface area contributed by atoms with Crippen molar-refractivity contribution in [2.75, 3.05) is 12.4 Å². The maximum absolute atomic E-state index is 12.3. The second-order valence-electron chi connectivity index (χ2n) is 5.04. The maximum atomic E-state index is 12.3. The molecule has 0 saturated heterocycles. The van der Waals surface area contributed by atoms with E-state index in [1.165, 1.54) is 7.11 Å². The van der Waals surface area contributed by atoms with Crippen LogP contribution >= 0.6 is 0 Å². The van der Waals surface area contributed by atoms with E-state index in [2.05, 4.69) is 5.32 Å². The van der Waals surface area contributed by atoms with E-state index in [0.29, 0.717) is 11.4 Å². The Balaban J connectivity index is 2.13. The summed E-state index contributed by atoms with van der Waals surface area (Å²) in [5.74, 6) is -0.381. The summed E-state index contributed by atoms with van der Waals surface area (Å²) >= 11 is 0. The Morgan fingerprint density at radius 1 is 1.00 bits per heavy atom. The number of methoxy groups -OCH3 is 1. The lowest BCUT2D eigenvalue weighted by Gasteiger charge is -2.11. The molecular weight excluding hydrogens is 306 g/mol. The molecule has 1 aromatic heterocycles. The maximum Gasteiger partial charge on any atom is 0.353 e. The molecule has 0 amide bonds. The van der Waals surface area contributed by atoms with E-state index in [9.17, 15) is 9.59 Å². The first-order valence-electron chi connectivity index (χ1n) is 7.33. The van der Waals surface area contributed by atoms with Crippen molar-refractivity contribution in [3.05, 3.63) is 82.7 Å². The van der Waals surface area contributed by atoms with Gasteiger partial charge in [-0.15, -0.1) is 0 Å². The summed E-state index contributed by atoms with van der Waals surface area (Å²) in [7, 11) is 1.22. The quantitative estimate of drug-likeness (QED) is 0.740. The van der Waals surface area contributed by atoms with Gasteiger partial charge in [-0.05, 0) is 12.1 Å². The van der Waals surface area contributed by atoms with Crippen LogP contribution in [-0.2, 0) is 4.74 Å². The Bertz CT molecular complexity index is 902. The molecule has 0 bridgehead atoms. The van der Waals surface area contributed by atoms with Crippen molar-refractivity contribution >= 4 is 17.3 Å². The van der Waals surface area contributed by atoms with E-state index in [-0.39, 0.29) is 5.56 Å². The highest BCUT2D eigenvalue weighted by Gasteiger charge is 2.20. The van der Waals surface area contributed by atoms with Gasteiger partial charge in [0.2, 0.25) is 0 Å². The van der Waals surface area contributed by atoms with E-state index < -0.39 is 11.6 Å². The van der Waals surface area contributed by atoms with Crippen LogP contribution in [0.4, 0.5) is 11.4 Å². The van der Waals surface area contributed by atoms with Gasteiger partial charge in [-0.1, -0.05) is 48.5 Å². The van der Waals surface area contributed by atoms with Crippen LogP contribution in [0, 0.1) is 0 Å². The zero-order valence-electron chi connectivity index (χ0n) is 13.0. The average molecular weight is 321 g/mol. The number of benzene rings is 2. The van der Waals surface area contributed by atoms with Gasteiger partial charge in [-0.3, -0.25) is 0 Å². The van der Waals surface area contributed by atoms with Crippen LogP contribution in [0.2, 0.25) is 0 Å². The van der Waals surface area contributed by atoms with Crippen molar-refractivity contribution in [3.63, 3.8) is 0 Å². The van der Waals surface area contributed by atoms with Crippen molar-refractivity contribution in [3.8, 4) is 11.3 Å². The summed E-state index contributed by atoms with van der Waals surface area (Å²) in [5.41, 5.74) is 0.903. The summed E-state index contributed by atoms with van der Waals surface area (Å²) < 4.78 is 10.0. The van der Waals surface area contributed by atoms with Gasteiger partial charge >= 0.3 is 11.6 Å². The molecule has 1 N–H and O–H groups in total. The Hall–Kier alpha value is -3.34. The van der Waals surface area contributed by atoms with Gasteiger partial charge in [0, 0.05) is 17.3 Å². The molecule has 24 heavy (non-hydrogen) atoms. The second-order valence-corrected chi connectivity index (χ2v) is 5.04. The van der Waals surface area contributed by atoms with Gasteiger partial charge in [-0.25, -0.2) is 9.59 Å². The molecule has 0 saturated carbocycles. The smallest absolute Gasteiger partial charge is 0.353 e. The number of esters is 1. The molecule has 0 atom stereocenters. The van der Waals surface area contributed by atoms with Gasteiger partial charge < -0.3 is 14.5 Å². The number of rotatable bonds is 4. The first-order chi connectivity index (χ1) is 11.7. The molecule has 0 aliphatic rings. The Labute approximate surface area is 138 Å². The van der Waals surface area contributed by atoms with Crippen LogP contribution in [0.25, 0.3) is 11.3 Å². The van der Waals surface area contributed by atoms with Crippen LogP contribution in [0.15, 0.2) is 75.9 Å². The number of hydrogen-bond donors (Lipinski definition) is 1. The monoisotopic (exact) mass is 321 g/mol. The summed E-state index contributed by atoms with van der Waals surface area (Å²) in [6, 6.07) is 20.1. The minimum absolute atomic E-state index is 0.166. The first kappa shape index (κ1) is 15.6. The summed E-state index contributed by atoms with van der Waals surface area (Å²) in [6.45, 7) is 0. The number of para-hydroxylation sites is 1.